The Morgan fingerprint density at radius 3 is 2.76 bits per heavy atom. The summed E-state index contributed by atoms with van der Waals surface area (Å²) in [6.45, 7) is 0. The molecule has 86 valence electrons. The number of rotatable bonds is 1. The fourth-order valence-electron chi connectivity index (χ4n) is 1.81. The third kappa shape index (κ3) is 1.36. The molecule has 0 amide bonds. The summed E-state index contributed by atoms with van der Waals surface area (Å²) in [6.07, 6.45) is 3.23. The maximum atomic E-state index is 11.9. The van der Waals surface area contributed by atoms with Gasteiger partial charge in [0.1, 0.15) is 11.2 Å². The molecule has 1 N–H and O–H groups in total. The van der Waals surface area contributed by atoms with Crippen molar-refractivity contribution in [1.29, 1.82) is 0 Å². The number of hydrogen-bond donors (Lipinski definition) is 1. The molecule has 3 aromatic rings. The zero-order chi connectivity index (χ0) is 12.0. The van der Waals surface area contributed by atoms with Gasteiger partial charge in [-0.15, -0.1) is 0 Å². The first-order chi connectivity index (χ1) is 8.16. The largest absolute Gasteiger partial charge is 0.303 e. The number of aryl methyl sites for hydroxylation is 2. The lowest BCUT2D eigenvalue weighted by Gasteiger charge is -2.01. The molecule has 17 heavy (non-hydrogen) atoms. The Morgan fingerprint density at radius 1 is 1.24 bits per heavy atom. The van der Waals surface area contributed by atoms with Gasteiger partial charge >= 0.3 is 0 Å². The predicted molar refractivity (Wildman–Crippen MR) is 61.3 cm³/mol. The van der Waals surface area contributed by atoms with E-state index in [0.29, 0.717) is 16.9 Å². The van der Waals surface area contributed by atoms with Crippen LogP contribution in [0.5, 0.6) is 0 Å². The van der Waals surface area contributed by atoms with E-state index in [1.54, 1.807) is 37.2 Å². The Kier molecular flexibility index (Phi) is 1.88. The van der Waals surface area contributed by atoms with Crippen LogP contribution in [0.15, 0.2) is 23.3 Å². The van der Waals surface area contributed by atoms with Gasteiger partial charge in [0.05, 0.1) is 6.20 Å². The molecule has 7 nitrogen and oxygen atoms in total. The number of nitrogens with one attached hydrogen (secondary N) is 1. The van der Waals surface area contributed by atoms with Gasteiger partial charge < -0.3 is 4.98 Å². The lowest BCUT2D eigenvalue weighted by Crippen LogP contribution is -2.13. The molecule has 0 aliphatic carbocycles. The SMILES string of the molecule is Cn1nccc1-c1nc2cnn(C)c2c(=O)[nH]1. The van der Waals surface area contributed by atoms with Gasteiger partial charge in [0.15, 0.2) is 11.3 Å². The van der Waals surface area contributed by atoms with Gasteiger partial charge in [-0.1, -0.05) is 0 Å². The van der Waals surface area contributed by atoms with Gasteiger partial charge in [-0.05, 0) is 6.07 Å². The summed E-state index contributed by atoms with van der Waals surface area (Å²) in [4.78, 5) is 19.0. The van der Waals surface area contributed by atoms with Crippen LogP contribution in [-0.4, -0.2) is 29.5 Å². The summed E-state index contributed by atoms with van der Waals surface area (Å²) in [7, 11) is 3.51. The molecule has 3 heterocycles. The maximum Gasteiger partial charge on any atom is 0.277 e. The minimum Gasteiger partial charge on any atom is -0.303 e. The van der Waals surface area contributed by atoms with Crippen LogP contribution in [0, 0.1) is 0 Å². The van der Waals surface area contributed by atoms with Gasteiger partial charge in [-0.2, -0.15) is 10.2 Å². The lowest BCUT2D eigenvalue weighted by molar-refractivity contribution is 0.769. The molecule has 3 aromatic heterocycles. The molecular formula is C10H10N6O. The van der Waals surface area contributed by atoms with Crippen LogP contribution in [0.25, 0.3) is 22.6 Å². The quantitative estimate of drug-likeness (QED) is 0.640. The minimum atomic E-state index is -0.203. The van der Waals surface area contributed by atoms with Crippen molar-refractivity contribution in [2.24, 2.45) is 14.1 Å². The van der Waals surface area contributed by atoms with Gasteiger partial charge in [0.2, 0.25) is 0 Å². The molecule has 7 heteroatoms. The maximum absolute atomic E-state index is 11.9. The first-order valence-corrected chi connectivity index (χ1v) is 5.07. The average Bonchev–Trinajstić information content (AvgIpc) is 2.85. The van der Waals surface area contributed by atoms with Crippen LogP contribution < -0.4 is 5.56 Å². The van der Waals surface area contributed by atoms with E-state index in [4.69, 9.17) is 0 Å². The smallest absolute Gasteiger partial charge is 0.277 e. The van der Waals surface area contributed by atoms with Crippen molar-refractivity contribution < 1.29 is 0 Å². The average molecular weight is 230 g/mol. The summed E-state index contributed by atoms with van der Waals surface area (Å²) in [5.41, 5.74) is 1.60. The van der Waals surface area contributed by atoms with Crippen LogP contribution >= 0.6 is 0 Å². The number of hydrogen-bond acceptors (Lipinski definition) is 4. The second-order valence-corrected chi connectivity index (χ2v) is 3.76. The first-order valence-electron chi connectivity index (χ1n) is 5.07. The fourth-order valence-corrected chi connectivity index (χ4v) is 1.81. The molecular weight excluding hydrogens is 220 g/mol. The van der Waals surface area contributed by atoms with Crippen LogP contribution in [0.4, 0.5) is 0 Å². The topological polar surface area (TPSA) is 81.4 Å². The predicted octanol–water partition coefficient (Wildman–Crippen LogP) is 0.0571. The normalized spacial score (nSPS) is 11.2. The van der Waals surface area contributed by atoms with Crippen LogP contribution in [0.2, 0.25) is 0 Å². The number of H-pyrrole nitrogens is 1. The van der Waals surface area contributed by atoms with Crippen LogP contribution in [-0.2, 0) is 14.1 Å². The van der Waals surface area contributed by atoms with Crippen molar-refractivity contribution in [1.82, 2.24) is 29.5 Å². The molecule has 0 spiro atoms. The molecule has 0 bridgehead atoms. The number of aromatic amines is 1. The fraction of sp³-hybridized carbons (Fsp3) is 0.200. The van der Waals surface area contributed by atoms with Crippen molar-refractivity contribution in [3.05, 3.63) is 28.8 Å². The van der Waals surface area contributed by atoms with Crippen LogP contribution in [0.1, 0.15) is 0 Å². The van der Waals surface area contributed by atoms with Crippen molar-refractivity contribution in [2.45, 2.75) is 0 Å². The molecule has 0 unspecified atom stereocenters. The van der Waals surface area contributed by atoms with E-state index in [0.717, 1.165) is 5.69 Å². The Morgan fingerprint density at radius 2 is 2.06 bits per heavy atom. The zero-order valence-corrected chi connectivity index (χ0v) is 9.38. The molecule has 3 rings (SSSR count). The summed E-state index contributed by atoms with van der Waals surface area (Å²) >= 11 is 0. The van der Waals surface area contributed by atoms with Crippen molar-refractivity contribution in [2.75, 3.05) is 0 Å². The summed E-state index contributed by atoms with van der Waals surface area (Å²) in [6, 6.07) is 1.79. The molecule has 0 saturated heterocycles. The monoisotopic (exact) mass is 230 g/mol. The third-order valence-electron chi connectivity index (χ3n) is 2.66. The van der Waals surface area contributed by atoms with E-state index in [1.165, 1.54) is 4.68 Å². The van der Waals surface area contributed by atoms with Gasteiger partial charge in [-0.25, -0.2) is 4.98 Å². The first kappa shape index (κ1) is 9.76. The van der Waals surface area contributed by atoms with Gasteiger partial charge in [0.25, 0.3) is 5.56 Å². The van der Waals surface area contributed by atoms with E-state index < -0.39 is 0 Å². The Labute approximate surface area is 95.7 Å². The van der Waals surface area contributed by atoms with E-state index in [1.807, 2.05) is 0 Å². The standard InChI is InChI=1S/C10H10N6O/c1-15-7(3-4-11-15)9-13-6-5-12-16(2)8(6)10(17)14-9/h3-5H,1-2H3,(H,13,14,17). The number of nitrogens with zero attached hydrogens (tertiary/aromatic N) is 5. The molecule has 0 saturated carbocycles. The van der Waals surface area contributed by atoms with Gasteiger partial charge in [0, 0.05) is 20.3 Å². The van der Waals surface area contributed by atoms with E-state index in [-0.39, 0.29) is 5.56 Å². The van der Waals surface area contributed by atoms with Crippen LogP contribution in [0.3, 0.4) is 0 Å². The molecule has 0 aliphatic rings. The number of aromatic nitrogens is 6. The zero-order valence-electron chi connectivity index (χ0n) is 9.38. The summed E-state index contributed by atoms with van der Waals surface area (Å²) in [5, 5.41) is 8.05. The molecule has 0 fully saturated rings. The molecule has 0 aromatic carbocycles. The van der Waals surface area contributed by atoms with E-state index in [2.05, 4.69) is 20.2 Å². The highest BCUT2D eigenvalue weighted by Crippen LogP contribution is 2.14. The van der Waals surface area contributed by atoms with Crippen molar-refractivity contribution in [3.63, 3.8) is 0 Å². The molecule has 0 radical (unpaired) electrons. The lowest BCUT2D eigenvalue weighted by atomic mass is 10.3. The third-order valence-corrected chi connectivity index (χ3v) is 2.66. The second kappa shape index (κ2) is 3.27. The van der Waals surface area contributed by atoms with Gasteiger partial charge in [-0.3, -0.25) is 14.2 Å². The highest BCUT2D eigenvalue weighted by molar-refractivity contribution is 5.74. The van der Waals surface area contributed by atoms with E-state index in [9.17, 15) is 4.79 Å². The number of fused-ring (bicyclic) bond motifs is 1. The minimum absolute atomic E-state index is 0.203. The second-order valence-electron chi connectivity index (χ2n) is 3.76. The molecule has 0 atom stereocenters. The Bertz CT molecular complexity index is 750. The van der Waals surface area contributed by atoms with Crippen molar-refractivity contribution in [3.8, 4) is 11.5 Å². The van der Waals surface area contributed by atoms with Crippen molar-refractivity contribution >= 4 is 11.0 Å². The summed E-state index contributed by atoms with van der Waals surface area (Å²) in [5.74, 6) is 0.496. The highest BCUT2D eigenvalue weighted by Gasteiger charge is 2.11. The summed E-state index contributed by atoms with van der Waals surface area (Å²) < 4.78 is 3.16. The molecule has 0 aliphatic heterocycles. The van der Waals surface area contributed by atoms with E-state index >= 15 is 0 Å². The highest BCUT2D eigenvalue weighted by atomic mass is 16.1. The Hall–Kier alpha value is -2.44. The Balaban J connectivity index is 2.34.